The van der Waals surface area contributed by atoms with Gasteiger partial charge in [0, 0.05) is 34.0 Å². The molecule has 0 aliphatic rings. The second-order valence-corrected chi connectivity index (χ2v) is 8.58. The average Bonchev–Trinajstić information content (AvgIpc) is 2.88. The van der Waals surface area contributed by atoms with E-state index in [9.17, 15) is 0 Å². The highest BCUT2D eigenvalue weighted by Crippen LogP contribution is 2.32. The van der Waals surface area contributed by atoms with E-state index in [2.05, 4.69) is 70.7 Å². The van der Waals surface area contributed by atoms with Crippen LogP contribution in [-0.2, 0) is 13.0 Å². The SMILES string of the molecule is COc1ccc2c(c1)c(C[C@@H](C)CC(N)=S)c(C)n2Cc1ccc(Br)cc1. The smallest absolute Gasteiger partial charge is 0.119 e. The Balaban J connectivity index is 2.06. The van der Waals surface area contributed by atoms with Crippen LogP contribution >= 0.6 is 28.1 Å². The second kappa shape index (κ2) is 8.44. The topological polar surface area (TPSA) is 40.2 Å². The Morgan fingerprint density at radius 1 is 1.22 bits per heavy atom. The zero-order valence-corrected chi connectivity index (χ0v) is 18.4. The van der Waals surface area contributed by atoms with Crippen molar-refractivity contribution in [3.63, 3.8) is 0 Å². The molecule has 0 bridgehead atoms. The summed E-state index contributed by atoms with van der Waals surface area (Å²) in [4.78, 5) is 0.580. The van der Waals surface area contributed by atoms with Gasteiger partial charge < -0.3 is 15.0 Å². The number of hydrogen-bond acceptors (Lipinski definition) is 2. The monoisotopic (exact) mass is 444 g/mol. The van der Waals surface area contributed by atoms with Crippen molar-refractivity contribution in [2.24, 2.45) is 11.7 Å². The van der Waals surface area contributed by atoms with E-state index in [4.69, 9.17) is 22.7 Å². The number of methoxy groups -OCH3 is 1. The van der Waals surface area contributed by atoms with Gasteiger partial charge in [0.1, 0.15) is 5.75 Å². The maximum atomic E-state index is 5.77. The molecule has 27 heavy (non-hydrogen) atoms. The Labute approximate surface area is 174 Å². The molecule has 1 aromatic heterocycles. The molecule has 5 heteroatoms. The first-order chi connectivity index (χ1) is 12.9. The second-order valence-electron chi connectivity index (χ2n) is 7.14. The van der Waals surface area contributed by atoms with Gasteiger partial charge in [-0.3, -0.25) is 0 Å². The van der Waals surface area contributed by atoms with Crippen LogP contribution in [0.15, 0.2) is 46.9 Å². The van der Waals surface area contributed by atoms with E-state index < -0.39 is 0 Å². The fraction of sp³-hybridized carbons (Fsp3) is 0.318. The van der Waals surface area contributed by atoms with Crippen LogP contribution in [-0.4, -0.2) is 16.7 Å². The van der Waals surface area contributed by atoms with E-state index >= 15 is 0 Å². The molecule has 0 unspecified atom stereocenters. The molecule has 0 amide bonds. The minimum Gasteiger partial charge on any atom is -0.497 e. The fourth-order valence-electron chi connectivity index (χ4n) is 3.66. The third kappa shape index (κ3) is 4.53. The van der Waals surface area contributed by atoms with Gasteiger partial charge in [0.15, 0.2) is 0 Å². The summed E-state index contributed by atoms with van der Waals surface area (Å²) in [5, 5.41) is 1.25. The lowest BCUT2D eigenvalue weighted by Gasteiger charge is -2.12. The molecule has 0 spiro atoms. The molecule has 1 heterocycles. The van der Waals surface area contributed by atoms with Gasteiger partial charge >= 0.3 is 0 Å². The maximum absolute atomic E-state index is 5.77. The van der Waals surface area contributed by atoms with Gasteiger partial charge in [-0.05, 0) is 60.7 Å². The van der Waals surface area contributed by atoms with Crippen molar-refractivity contribution < 1.29 is 4.74 Å². The van der Waals surface area contributed by atoms with Crippen molar-refractivity contribution in [3.05, 3.63) is 63.8 Å². The van der Waals surface area contributed by atoms with Gasteiger partial charge in [0.05, 0.1) is 12.1 Å². The number of aromatic nitrogens is 1. The summed E-state index contributed by atoms with van der Waals surface area (Å²) in [6.07, 6.45) is 1.71. The van der Waals surface area contributed by atoms with Crippen LogP contribution < -0.4 is 10.5 Å². The predicted molar refractivity (Wildman–Crippen MR) is 121 cm³/mol. The van der Waals surface area contributed by atoms with Crippen LogP contribution in [0.2, 0.25) is 0 Å². The van der Waals surface area contributed by atoms with Crippen molar-refractivity contribution in [3.8, 4) is 5.75 Å². The van der Waals surface area contributed by atoms with Crippen molar-refractivity contribution >= 4 is 44.0 Å². The molecule has 0 aliphatic carbocycles. The van der Waals surface area contributed by atoms with Crippen molar-refractivity contribution in [1.82, 2.24) is 4.57 Å². The van der Waals surface area contributed by atoms with Crippen LogP contribution in [0.4, 0.5) is 0 Å². The lowest BCUT2D eigenvalue weighted by atomic mass is 9.96. The number of nitrogens with two attached hydrogens (primary N) is 1. The van der Waals surface area contributed by atoms with Crippen LogP contribution in [0.3, 0.4) is 0 Å². The average molecular weight is 445 g/mol. The first-order valence-corrected chi connectivity index (χ1v) is 10.3. The van der Waals surface area contributed by atoms with Crippen LogP contribution in [0.1, 0.15) is 30.2 Å². The molecular formula is C22H25BrN2OS. The molecule has 2 aromatic carbocycles. The highest BCUT2D eigenvalue weighted by atomic mass is 79.9. The van der Waals surface area contributed by atoms with Gasteiger partial charge in [-0.1, -0.05) is 47.2 Å². The predicted octanol–water partition coefficient (Wildman–Crippen LogP) is 5.62. The van der Waals surface area contributed by atoms with Crippen LogP contribution in [0.25, 0.3) is 10.9 Å². The van der Waals surface area contributed by atoms with E-state index in [0.717, 1.165) is 29.6 Å². The molecule has 0 fully saturated rings. The van der Waals surface area contributed by atoms with E-state index in [1.807, 2.05) is 6.07 Å². The molecule has 0 radical (unpaired) electrons. The third-order valence-electron chi connectivity index (χ3n) is 5.02. The number of rotatable bonds is 7. The van der Waals surface area contributed by atoms with Gasteiger partial charge in [0.25, 0.3) is 0 Å². The number of nitrogens with zero attached hydrogens (tertiary/aromatic N) is 1. The third-order valence-corrected chi connectivity index (χ3v) is 5.71. The minimum absolute atomic E-state index is 0.402. The largest absolute Gasteiger partial charge is 0.497 e. The Kier molecular flexibility index (Phi) is 6.22. The molecule has 3 nitrogen and oxygen atoms in total. The summed E-state index contributed by atoms with van der Waals surface area (Å²) < 4.78 is 8.96. The lowest BCUT2D eigenvalue weighted by Crippen LogP contribution is -2.14. The Morgan fingerprint density at radius 3 is 2.56 bits per heavy atom. The summed E-state index contributed by atoms with van der Waals surface area (Å²) in [7, 11) is 1.71. The van der Waals surface area contributed by atoms with E-state index in [1.165, 1.54) is 27.7 Å². The number of ether oxygens (including phenoxy) is 1. The van der Waals surface area contributed by atoms with Gasteiger partial charge in [0.2, 0.25) is 0 Å². The molecule has 0 aliphatic heterocycles. The van der Waals surface area contributed by atoms with Crippen LogP contribution in [0, 0.1) is 12.8 Å². The number of fused-ring (bicyclic) bond motifs is 1. The van der Waals surface area contributed by atoms with Crippen molar-refractivity contribution in [2.75, 3.05) is 7.11 Å². The minimum atomic E-state index is 0.402. The molecule has 0 saturated carbocycles. The molecule has 0 saturated heterocycles. The fourth-order valence-corrected chi connectivity index (χ4v) is 4.20. The Hall–Kier alpha value is -1.85. The van der Waals surface area contributed by atoms with E-state index in [-0.39, 0.29) is 0 Å². The summed E-state index contributed by atoms with van der Waals surface area (Å²) in [5.74, 6) is 1.28. The molecule has 142 valence electrons. The number of thiocarbonyl (C=S) groups is 1. The molecule has 2 N–H and O–H groups in total. The first-order valence-electron chi connectivity index (χ1n) is 9.07. The molecule has 3 rings (SSSR count). The number of benzene rings is 2. The standard InChI is InChI=1S/C22H25BrN2OS/c1-14(11-22(24)27)10-19-15(2)25(13-16-4-6-17(23)7-5-16)21-9-8-18(26-3)12-20(19)21/h4-9,12,14H,10-11,13H2,1-3H3,(H2,24,27)/t14-/m1/s1. The molecular weight excluding hydrogens is 420 g/mol. The number of hydrogen-bond donors (Lipinski definition) is 1. The van der Waals surface area contributed by atoms with Crippen molar-refractivity contribution in [1.29, 1.82) is 0 Å². The first kappa shape index (κ1) is 19.9. The normalized spacial score (nSPS) is 12.3. The quantitative estimate of drug-likeness (QED) is 0.480. The van der Waals surface area contributed by atoms with E-state index in [0.29, 0.717) is 10.9 Å². The zero-order chi connectivity index (χ0) is 19.6. The summed E-state index contributed by atoms with van der Waals surface area (Å²) in [6, 6.07) is 14.8. The van der Waals surface area contributed by atoms with E-state index in [1.54, 1.807) is 7.11 Å². The Morgan fingerprint density at radius 2 is 1.93 bits per heavy atom. The highest BCUT2D eigenvalue weighted by molar-refractivity contribution is 9.10. The highest BCUT2D eigenvalue weighted by Gasteiger charge is 2.17. The Bertz CT molecular complexity index is 963. The maximum Gasteiger partial charge on any atom is 0.119 e. The van der Waals surface area contributed by atoms with Gasteiger partial charge in [-0.25, -0.2) is 0 Å². The zero-order valence-electron chi connectivity index (χ0n) is 16.0. The van der Waals surface area contributed by atoms with Crippen molar-refractivity contribution in [2.45, 2.75) is 33.2 Å². The summed E-state index contributed by atoms with van der Waals surface area (Å²) in [5.41, 5.74) is 10.9. The summed E-state index contributed by atoms with van der Waals surface area (Å²) in [6.45, 7) is 5.25. The number of halogens is 1. The lowest BCUT2D eigenvalue weighted by molar-refractivity contribution is 0.415. The molecule has 3 aromatic rings. The van der Waals surface area contributed by atoms with Gasteiger partial charge in [-0.15, -0.1) is 0 Å². The van der Waals surface area contributed by atoms with Gasteiger partial charge in [-0.2, -0.15) is 0 Å². The summed E-state index contributed by atoms with van der Waals surface area (Å²) >= 11 is 8.62. The molecule has 1 atom stereocenters. The van der Waals surface area contributed by atoms with Crippen LogP contribution in [0.5, 0.6) is 5.75 Å².